The third-order valence-corrected chi connectivity index (χ3v) is 3.56. The molecule has 20 heavy (non-hydrogen) atoms. The van der Waals surface area contributed by atoms with Gasteiger partial charge in [-0.3, -0.25) is 0 Å². The maximum Gasteiger partial charge on any atom is 0.137 e. The van der Waals surface area contributed by atoms with Gasteiger partial charge in [-0.05, 0) is 24.5 Å². The van der Waals surface area contributed by atoms with Gasteiger partial charge in [0.25, 0.3) is 0 Å². The van der Waals surface area contributed by atoms with Gasteiger partial charge in [-0.25, -0.2) is 0 Å². The van der Waals surface area contributed by atoms with Gasteiger partial charge in [-0.1, -0.05) is 44.2 Å². The summed E-state index contributed by atoms with van der Waals surface area (Å²) in [5.74, 6) is 0.679. The van der Waals surface area contributed by atoms with Crippen LogP contribution in [-0.4, -0.2) is 31.1 Å². The van der Waals surface area contributed by atoms with Gasteiger partial charge in [-0.15, -0.1) is 0 Å². The van der Waals surface area contributed by atoms with Crippen LogP contribution in [-0.2, 0) is 0 Å². The highest BCUT2D eigenvalue weighted by Crippen LogP contribution is 2.27. The molecule has 0 aliphatic rings. The summed E-state index contributed by atoms with van der Waals surface area (Å²) in [4.78, 5) is 2.30. The molecular weight excluding hydrogens is 248 g/mol. The van der Waals surface area contributed by atoms with Gasteiger partial charge in [0.05, 0.1) is 0 Å². The van der Waals surface area contributed by atoms with Crippen molar-refractivity contribution in [2.45, 2.75) is 13.8 Å². The van der Waals surface area contributed by atoms with Crippen molar-refractivity contribution in [2.24, 2.45) is 0 Å². The topological polar surface area (TPSA) is 36.3 Å². The molecule has 0 aliphatic carbocycles. The molecule has 0 atom stereocenters. The Balaban J connectivity index is 2.16. The first kappa shape index (κ1) is 14.4. The number of ether oxygens (including phenoxy) is 1. The van der Waals surface area contributed by atoms with E-state index in [2.05, 4.69) is 24.8 Å². The minimum atomic E-state index is 0.606. The molecule has 3 heteroatoms. The zero-order chi connectivity index (χ0) is 14.4. The van der Waals surface area contributed by atoms with E-state index in [1.807, 2.05) is 36.4 Å². The molecule has 0 amide bonds. The summed E-state index contributed by atoms with van der Waals surface area (Å²) in [6.45, 7) is 7.80. The van der Waals surface area contributed by atoms with Crippen LogP contribution in [0.3, 0.4) is 0 Å². The summed E-state index contributed by atoms with van der Waals surface area (Å²) in [7, 11) is 0. The molecule has 0 bridgehead atoms. The van der Waals surface area contributed by atoms with Crippen LogP contribution in [0.25, 0.3) is 10.8 Å². The Morgan fingerprint density at radius 3 is 2.55 bits per heavy atom. The molecule has 0 radical (unpaired) electrons. The standard InChI is InChI=1S/C17H20N2O/c1-3-19(4-2)11-12-20-17-10-9-14-7-5-6-8-15(14)16(17)13-18/h5-10H,3-4,11-12H2,1-2H3. The SMILES string of the molecule is CCN(CC)CCOc1ccc2ccccc2c1C#N. The van der Waals surface area contributed by atoms with E-state index in [9.17, 15) is 5.26 Å². The third kappa shape index (κ3) is 3.09. The van der Waals surface area contributed by atoms with Gasteiger partial charge in [0.2, 0.25) is 0 Å². The molecule has 3 nitrogen and oxygen atoms in total. The molecule has 0 spiro atoms. The Morgan fingerprint density at radius 1 is 1.10 bits per heavy atom. The van der Waals surface area contributed by atoms with Crippen LogP contribution in [0.5, 0.6) is 5.75 Å². The van der Waals surface area contributed by atoms with Gasteiger partial charge in [0, 0.05) is 11.9 Å². The van der Waals surface area contributed by atoms with Crippen LogP contribution < -0.4 is 4.74 Å². The second-order valence-electron chi connectivity index (χ2n) is 4.65. The van der Waals surface area contributed by atoms with Gasteiger partial charge < -0.3 is 9.64 Å². The normalized spacial score (nSPS) is 10.7. The number of hydrogen-bond acceptors (Lipinski definition) is 3. The fourth-order valence-electron chi connectivity index (χ4n) is 2.31. The first-order chi connectivity index (χ1) is 9.80. The molecule has 0 fully saturated rings. The fourth-order valence-corrected chi connectivity index (χ4v) is 2.31. The van der Waals surface area contributed by atoms with Crippen molar-refractivity contribution < 1.29 is 4.74 Å². The molecule has 0 aliphatic heterocycles. The third-order valence-electron chi connectivity index (χ3n) is 3.56. The van der Waals surface area contributed by atoms with E-state index in [1.165, 1.54) is 0 Å². The average Bonchev–Trinajstić information content (AvgIpc) is 2.51. The van der Waals surface area contributed by atoms with Crippen molar-refractivity contribution >= 4 is 10.8 Å². The van der Waals surface area contributed by atoms with Crippen molar-refractivity contribution in [3.05, 3.63) is 42.0 Å². The maximum atomic E-state index is 9.38. The molecule has 2 aromatic rings. The summed E-state index contributed by atoms with van der Waals surface area (Å²) in [5, 5.41) is 11.4. The van der Waals surface area contributed by atoms with Gasteiger partial charge >= 0.3 is 0 Å². The molecule has 2 rings (SSSR count). The predicted octanol–water partition coefficient (Wildman–Crippen LogP) is 3.43. The second-order valence-corrected chi connectivity index (χ2v) is 4.65. The Morgan fingerprint density at radius 2 is 1.85 bits per heavy atom. The summed E-state index contributed by atoms with van der Waals surface area (Å²) < 4.78 is 5.81. The van der Waals surface area contributed by atoms with Crippen LogP contribution >= 0.6 is 0 Å². The van der Waals surface area contributed by atoms with Crippen molar-refractivity contribution in [1.29, 1.82) is 5.26 Å². The molecule has 0 heterocycles. The zero-order valence-corrected chi connectivity index (χ0v) is 12.1. The molecule has 0 aromatic heterocycles. The number of rotatable bonds is 6. The van der Waals surface area contributed by atoms with Crippen LogP contribution in [0, 0.1) is 11.3 Å². The Bertz CT molecular complexity index is 612. The first-order valence-electron chi connectivity index (χ1n) is 7.07. The summed E-state index contributed by atoms with van der Waals surface area (Å²) in [6.07, 6.45) is 0. The van der Waals surface area contributed by atoms with Crippen molar-refractivity contribution in [3.8, 4) is 11.8 Å². The second kappa shape index (κ2) is 6.93. The number of benzene rings is 2. The molecule has 0 saturated carbocycles. The van der Waals surface area contributed by atoms with E-state index in [0.29, 0.717) is 17.9 Å². The van der Waals surface area contributed by atoms with E-state index >= 15 is 0 Å². The van der Waals surface area contributed by atoms with Crippen molar-refractivity contribution in [3.63, 3.8) is 0 Å². The monoisotopic (exact) mass is 268 g/mol. The highest BCUT2D eigenvalue weighted by atomic mass is 16.5. The van der Waals surface area contributed by atoms with Crippen molar-refractivity contribution in [1.82, 2.24) is 4.90 Å². The molecule has 2 aromatic carbocycles. The minimum absolute atomic E-state index is 0.606. The van der Waals surface area contributed by atoms with E-state index < -0.39 is 0 Å². The quantitative estimate of drug-likeness (QED) is 0.805. The smallest absolute Gasteiger partial charge is 0.137 e. The summed E-state index contributed by atoms with van der Waals surface area (Å²) in [6, 6.07) is 14.1. The van der Waals surface area contributed by atoms with Crippen LogP contribution in [0.4, 0.5) is 0 Å². The van der Waals surface area contributed by atoms with Crippen LogP contribution in [0.2, 0.25) is 0 Å². The van der Waals surface area contributed by atoms with E-state index in [0.717, 1.165) is 30.4 Å². The Labute approximate surface area is 120 Å². The lowest BCUT2D eigenvalue weighted by Gasteiger charge is -2.18. The van der Waals surface area contributed by atoms with E-state index in [-0.39, 0.29) is 0 Å². The largest absolute Gasteiger partial charge is 0.491 e. The molecule has 0 unspecified atom stereocenters. The molecule has 0 saturated heterocycles. The number of nitrogens with zero attached hydrogens (tertiary/aromatic N) is 2. The number of nitriles is 1. The number of hydrogen-bond donors (Lipinski definition) is 0. The van der Waals surface area contributed by atoms with Gasteiger partial charge in [0.15, 0.2) is 0 Å². The van der Waals surface area contributed by atoms with E-state index in [4.69, 9.17) is 4.74 Å². The lowest BCUT2D eigenvalue weighted by molar-refractivity contribution is 0.222. The lowest BCUT2D eigenvalue weighted by atomic mass is 10.0. The summed E-state index contributed by atoms with van der Waals surface area (Å²) in [5.41, 5.74) is 0.627. The van der Waals surface area contributed by atoms with Crippen LogP contribution in [0.15, 0.2) is 36.4 Å². The van der Waals surface area contributed by atoms with Gasteiger partial charge in [0.1, 0.15) is 24.0 Å². The van der Waals surface area contributed by atoms with Crippen molar-refractivity contribution in [2.75, 3.05) is 26.2 Å². The predicted molar refractivity (Wildman–Crippen MR) is 81.9 cm³/mol. The van der Waals surface area contributed by atoms with Gasteiger partial charge in [-0.2, -0.15) is 5.26 Å². The van der Waals surface area contributed by atoms with Crippen LogP contribution in [0.1, 0.15) is 19.4 Å². The summed E-state index contributed by atoms with van der Waals surface area (Å²) >= 11 is 0. The fraction of sp³-hybridized carbons (Fsp3) is 0.353. The maximum absolute atomic E-state index is 9.38. The average molecular weight is 268 g/mol. The Hall–Kier alpha value is -2.05. The minimum Gasteiger partial charge on any atom is -0.491 e. The van der Waals surface area contributed by atoms with E-state index in [1.54, 1.807) is 0 Å². The number of likely N-dealkylation sites (N-methyl/N-ethyl adjacent to an activating group) is 1. The highest BCUT2D eigenvalue weighted by molar-refractivity contribution is 5.90. The molecule has 0 N–H and O–H groups in total. The molecular formula is C17H20N2O. The highest BCUT2D eigenvalue weighted by Gasteiger charge is 2.08. The Kier molecular flexibility index (Phi) is 4.97. The lowest BCUT2D eigenvalue weighted by Crippen LogP contribution is -2.28. The zero-order valence-electron chi connectivity index (χ0n) is 12.1. The molecule has 104 valence electrons. The number of fused-ring (bicyclic) bond motifs is 1. The first-order valence-corrected chi connectivity index (χ1v) is 7.07.